The minimum Gasteiger partial charge on any atom is -0.493 e. The van der Waals surface area contributed by atoms with Crippen LogP contribution in [0.15, 0.2) is 33.0 Å². The average molecular weight is 605 g/mol. The number of sulfonamides is 1. The van der Waals surface area contributed by atoms with E-state index in [0.29, 0.717) is 72.4 Å². The van der Waals surface area contributed by atoms with Crippen LogP contribution in [0.25, 0.3) is 16.9 Å². The lowest BCUT2D eigenvalue weighted by atomic mass is 9.95. The summed E-state index contributed by atoms with van der Waals surface area (Å²) in [7, 11) is -3.90. The van der Waals surface area contributed by atoms with Crippen LogP contribution in [0.3, 0.4) is 0 Å². The van der Waals surface area contributed by atoms with Gasteiger partial charge >= 0.3 is 0 Å². The molecule has 0 atom stereocenters. The molecule has 0 spiro atoms. The third-order valence-electron chi connectivity index (χ3n) is 7.46. The fourth-order valence-electron chi connectivity index (χ4n) is 5.32. The number of oxime groups is 1. The van der Waals surface area contributed by atoms with E-state index in [0.717, 1.165) is 6.42 Å². The van der Waals surface area contributed by atoms with E-state index < -0.39 is 20.7 Å². The smallest absolute Gasteiger partial charge is 0.294 e. The Labute approximate surface area is 243 Å². The number of rotatable bonds is 13. The molecule has 1 fully saturated rings. The topological polar surface area (TPSA) is 182 Å². The number of aryl methyl sites for hydroxylation is 2. The fraction of sp³-hybridized carbons (Fsp3) is 0.519. The van der Waals surface area contributed by atoms with Gasteiger partial charge in [-0.15, -0.1) is 15.2 Å². The molecule has 1 aliphatic rings. The van der Waals surface area contributed by atoms with E-state index in [-0.39, 0.29) is 36.3 Å². The van der Waals surface area contributed by atoms with Gasteiger partial charge in [0.25, 0.3) is 10.6 Å². The molecule has 42 heavy (non-hydrogen) atoms. The first-order valence-corrected chi connectivity index (χ1v) is 15.4. The average Bonchev–Trinajstić information content (AvgIpc) is 3.23. The molecular formula is C27H36N6O8S. The normalized spacial score (nSPS) is 15.0. The van der Waals surface area contributed by atoms with Crippen molar-refractivity contribution in [1.82, 2.24) is 18.9 Å². The number of H-pyrrole nitrogens is 1. The summed E-state index contributed by atoms with van der Waals surface area (Å²) in [5.41, 5.74) is 2.11. The lowest BCUT2D eigenvalue weighted by Gasteiger charge is -2.31. The second-order valence-electron chi connectivity index (χ2n) is 10.2. The van der Waals surface area contributed by atoms with Crippen LogP contribution in [0, 0.1) is 23.0 Å². The lowest BCUT2D eigenvalue weighted by molar-refractivity contribution is -0.758. The van der Waals surface area contributed by atoms with Gasteiger partial charge in [-0.1, -0.05) is 25.4 Å². The second-order valence-corrected chi connectivity index (χ2v) is 12.2. The summed E-state index contributed by atoms with van der Waals surface area (Å²) in [6.07, 6.45) is 4.91. The SMILES string of the molecule is CCCOc1ccc(S(=O)(=O)N2CCC(CCO[N+](=O)[O-])CC2)cc1-c1nn2c(CCC)c(C=NO)c(C)c2c(=O)[nH]1. The maximum absolute atomic E-state index is 13.7. The standard InChI is InChI=1S/C27H36N6O8S/c1-4-6-23-22(17-28-35)18(3)25-27(34)29-26(30-32(23)25)21-16-20(7-8-24(21)40-14-5-2)42(38,39)31-12-9-19(10-13-31)11-15-41-33(36)37/h7-8,16-17,19,35H,4-6,9-15H2,1-3H3,(H,29,30,34). The third kappa shape index (κ3) is 6.41. The van der Waals surface area contributed by atoms with Gasteiger partial charge in [-0.2, -0.15) is 4.31 Å². The van der Waals surface area contributed by atoms with E-state index in [1.165, 1.54) is 27.2 Å². The van der Waals surface area contributed by atoms with E-state index in [1.807, 2.05) is 13.8 Å². The van der Waals surface area contributed by atoms with E-state index in [4.69, 9.17) is 9.84 Å². The quantitative estimate of drug-likeness (QED) is 0.128. The number of hydrogen-bond donors (Lipinski definition) is 2. The highest BCUT2D eigenvalue weighted by molar-refractivity contribution is 7.89. The summed E-state index contributed by atoms with van der Waals surface area (Å²) in [5, 5.41) is 26.7. The zero-order valence-corrected chi connectivity index (χ0v) is 24.7. The number of nitrogens with one attached hydrogen (secondary N) is 1. The van der Waals surface area contributed by atoms with Crippen molar-refractivity contribution in [3.05, 3.63) is 55.5 Å². The summed E-state index contributed by atoms with van der Waals surface area (Å²) in [5.74, 6) is 0.641. The van der Waals surface area contributed by atoms with Gasteiger partial charge in [0.05, 0.1) is 35.6 Å². The third-order valence-corrected chi connectivity index (χ3v) is 9.35. The number of fused-ring (bicyclic) bond motifs is 1. The molecule has 0 aliphatic carbocycles. The Morgan fingerprint density at radius 1 is 1.24 bits per heavy atom. The Kier molecular flexibility index (Phi) is 9.83. The molecule has 1 aromatic carbocycles. The highest BCUT2D eigenvalue weighted by Crippen LogP contribution is 2.33. The monoisotopic (exact) mass is 604 g/mol. The zero-order chi connectivity index (χ0) is 30.4. The van der Waals surface area contributed by atoms with Crippen molar-refractivity contribution in [2.45, 2.75) is 64.2 Å². The van der Waals surface area contributed by atoms with Crippen LogP contribution < -0.4 is 10.3 Å². The summed E-state index contributed by atoms with van der Waals surface area (Å²) < 4.78 is 36.2. The molecule has 0 unspecified atom stereocenters. The molecule has 14 nitrogen and oxygen atoms in total. The fourth-order valence-corrected chi connectivity index (χ4v) is 6.82. The molecule has 0 bridgehead atoms. The van der Waals surface area contributed by atoms with Crippen LogP contribution in [0.1, 0.15) is 62.8 Å². The van der Waals surface area contributed by atoms with E-state index >= 15 is 0 Å². The van der Waals surface area contributed by atoms with Crippen LogP contribution in [-0.2, 0) is 21.3 Å². The van der Waals surface area contributed by atoms with Crippen molar-refractivity contribution in [2.24, 2.45) is 11.1 Å². The van der Waals surface area contributed by atoms with Crippen LogP contribution in [-0.4, -0.2) is 70.1 Å². The second kappa shape index (κ2) is 13.3. The van der Waals surface area contributed by atoms with Crippen LogP contribution in [0.5, 0.6) is 5.75 Å². The van der Waals surface area contributed by atoms with Gasteiger partial charge in [0, 0.05) is 18.7 Å². The van der Waals surface area contributed by atoms with Crippen molar-refractivity contribution in [3.8, 4) is 17.1 Å². The van der Waals surface area contributed by atoms with E-state index in [2.05, 4.69) is 15.0 Å². The minimum absolute atomic E-state index is 0.0161. The van der Waals surface area contributed by atoms with Crippen LogP contribution in [0.2, 0.25) is 0 Å². The summed E-state index contributed by atoms with van der Waals surface area (Å²) in [6.45, 7) is 6.59. The summed E-state index contributed by atoms with van der Waals surface area (Å²) in [4.78, 5) is 31.0. The number of hydrogen-bond acceptors (Lipinski definition) is 10. The number of aromatic nitrogens is 3. The Hall–Kier alpha value is -3.98. The molecule has 15 heteroatoms. The Morgan fingerprint density at radius 2 is 1.98 bits per heavy atom. The predicted octanol–water partition coefficient (Wildman–Crippen LogP) is 3.55. The lowest BCUT2D eigenvalue weighted by Crippen LogP contribution is -2.38. The highest BCUT2D eigenvalue weighted by atomic mass is 32.2. The molecule has 3 aromatic rings. The number of nitrogens with zero attached hydrogens (tertiary/aromatic N) is 5. The highest BCUT2D eigenvalue weighted by Gasteiger charge is 2.30. The maximum Gasteiger partial charge on any atom is 0.294 e. The molecule has 2 N–H and O–H groups in total. The maximum atomic E-state index is 13.7. The first-order valence-electron chi connectivity index (χ1n) is 14.0. The summed E-state index contributed by atoms with van der Waals surface area (Å²) in [6, 6.07) is 4.52. The Balaban J connectivity index is 1.73. The molecule has 0 radical (unpaired) electrons. The first kappa shape index (κ1) is 31.0. The van der Waals surface area contributed by atoms with Gasteiger partial charge in [0.2, 0.25) is 10.0 Å². The predicted molar refractivity (Wildman–Crippen MR) is 154 cm³/mol. The van der Waals surface area contributed by atoms with Crippen molar-refractivity contribution >= 4 is 21.8 Å². The first-order chi connectivity index (χ1) is 20.1. The Bertz CT molecular complexity index is 1620. The van der Waals surface area contributed by atoms with Crippen molar-refractivity contribution in [2.75, 3.05) is 26.3 Å². The van der Waals surface area contributed by atoms with Gasteiger partial charge in [0.15, 0.2) is 5.82 Å². The molecule has 3 heterocycles. The zero-order valence-electron chi connectivity index (χ0n) is 23.9. The van der Waals surface area contributed by atoms with Gasteiger partial charge in [-0.25, -0.2) is 12.9 Å². The van der Waals surface area contributed by atoms with Crippen molar-refractivity contribution in [3.63, 3.8) is 0 Å². The van der Waals surface area contributed by atoms with Crippen LogP contribution >= 0.6 is 0 Å². The number of piperidine rings is 1. The molecule has 0 saturated carbocycles. The number of aromatic amines is 1. The van der Waals surface area contributed by atoms with E-state index in [1.54, 1.807) is 13.0 Å². The van der Waals surface area contributed by atoms with Gasteiger partial charge < -0.3 is 19.8 Å². The number of benzene rings is 1. The largest absolute Gasteiger partial charge is 0.493 e. The molecule has 4 rings (SSSR count). The number of ether oxygens (including phenoxy) is 1. The van der Waals surface area contributed by atoms with Gasteiger partial charge in [-0.05, 0) is 68.7 Å². The van der Waals surface area contributed by atoms with Gasteiger partial charge in [-0.3, -0.25) is 4.79 Å². The van der Waals surface area contributed by atoms with Crippen LogP contribution in [0.4, 0.5) is 0 Å². The minimum atomic E-state index is -3.90. The summed E-state index contributed by atoms with van der Waals surface area (Å²) >= 11 is 0. The molecule has 228 valence electrons. The van der Waals surface area contributed by atoms with Crippen molar-refractivity contribution in [1.29, 1.82) is 0 Å². The molecule has 1 saturated heterocycles. The molecule has 2 aromatic heterocycles. The van der Waals surface area contributed by atoms with Crippen molar-refractivity contribution < 1.29 is 28.3 Å². The Morgan fingerprint density at radius 3 is 2.62 bits per heavy atom. The molecule has 1 aliphatic heterocycles. The van der Waals surface area contributed by atoms with E-state index in [9.17, 15) is 28.5 Å². The molecule has 0 amide bonds. The molecular weight excluding hydrogens is 568 g/mol. The van der Waals surface area contributed by atoms with Gasteiger partial charge in [0.1, 0.15) is 11.3 Å².